The van der Waals surface area contributed by atoms with Crippen LogP contribution in [0.15, 0.2) is 58.3 Å². The van der Waals surface area contributed by atoms with Crippen molar-refractivity contribution in [2.75, 3.05) is 0 Å². The molecule has 0 aliphatic carbocycles. The Morgan fingerprint density at radius 2 is 2.04 bits per heavy atom. The van der Waals surface area contributed by atoms with Crippen LogP contribution >= 0.6 is 0 Å². The smallest absolute Gasteiger partial charge is 0.245 e. The number of fused-ring (bicyclic) bond motifs is 2. The topological polar surface area (TPSA) is 52.9 Å². The van der Waals surface area contributed by atoms with Crippen molar-refractivity contribution in [3.05, 3.63) is 55.8 Å². The van der Waals surface area contributed by atoms with Crippen LogP contribution in [0.2, 0.25) is 0 Å². The summed E-state index contributed by atoms with van der Waals surface area (Å²) in [5.41, 5.74) is 1.78. The standard InChI is InChI=1S/C18H14N4O2/c1-20-5-6-22(11-20)18-13-8-14-15(17-19-3-4-21(17)2)10-23-16(14)7-12(13)9-24-18/h3-10H,1-2H3. The molecule has 0 bridgehead atoms. The minimum absolute atomic E-state index is 0.736. The van der Waals surface area contributed by atoms with Crippen molar-refractivity contribution in [2.45, 2.75) is 0 Å². The molecule has 4 aromatic heterocycles. The van der Waals surface area contributed by atoms with Gasteiger partial charge >= 0.3 is 0 Å². The van der Waals surface area contributed by atoms with E-state index >= 15 is 0 Å². The van der Waals surface area contributed by atoms with E-state index in [4.69, 9.17) is 8.83 Å². The van der Waals surface area contributed by atoms with Crippen molar-refractivity contribution in [1.29, 1.82) is 0 Å². The number of benzene rings is 1. The van der Waals surface area contributed by atoms with E-state index in [2.05, 4.69) is 17.4 Å². The third-order valence-electron chi connectivity index (χ3n) is 4.26. The maximum Gasteiger partial charge on any atom is 0.245 e. The van der Waals surface area contributed by atoms with E-state index in [0.717, 1.165) is 39.0 Å². The molecule has 0 unspecified atom stereocenters. The van der Waals surface area contributed by atoms with E-state index in [1.807, 2.05) is 52.5 Å². The van der Waals surface area contributed by atoms with E-state index < -0.39 is 0 Å². The molecule has 118 valence electrons. The number of furan rings is 2. The SMILES string of the molecule is Cn1ccnc1-c1coc2cc3coc(-n4[c-][n+](C)cc4)c3cc12. The van der Waals surface area contributed by atoms with Gasteiger partial charge in [-0.25, -0.2) is 4.98 Å². The Morgan fingerprint density at radius 1 is 1.12 bits per heavy atom. The second kappa shape index (κ2) is 4.61. The number of rotatable bonds is 2. The highest BCUT2D eigenvalue weighted by Gasteiger charge is 2.16. The van der Waals surface area contributed by atoms with Gasteiger partial charge in [-0.1, -0.05) is 0 Å². The van der Waals surface area contributed by atoms with Crippen molar-refractivity contribution in [1.82, 2.24) is 14.1 Å². The average molecular weight is 318 g/mol. The fraction of sp³-hybridized carbons (Fsp3) is 0.111. The van der Waals surface area contributed by atoms with Crippen molar-refractivity contribution >= 4 is 21.7 Å². The van der Waals surface area contributed by atoms with Crippen LogP contribution in [0.25, 0.3) is 39.0 Å². The summed E-state index contributed by atoms with van der Waals surface area (Å²) in [6.45, 7) is 0. The number of hydrogen-bond acceptors (Lipinski definition) is 3. The predicted octanol–water partition coefficient (Wildman–Crippen LogP) is 2.99. The molecule has 6 nitrogen and oxygen atoms in total. The molecule has 0 amide bonds. The summed E-state index contributed by atoms with van der Waals surface area (Å²) in [6, 6.07) is 4.08. The lowest BCUT2D eigenvalue weighted by Gasteiger charge is -2.01. The fourth-order valence-corrected chi connectivity index (χ4v) is 3.06. The Morgan fingerprint density at radius 3 is 2.79 bits per heavy atom. The van der Waals surface area contributed by atoms with Crippen LogP contribution in [0.5, 0.6) is 0 Å². The lowest BCUT2D eigenvalue weighted by atomic mass is 10.1. The molecule has 0 N–H and O–H groups in total. The van der Waals surface area contributed by atoms with Gasteiger partial charge in [0.2, 0.25) is 12.2 Å². The van der Waals surface area contributed by atoms with Gasteiger partial charge in [0.05, 0.1) is 18.9 Å². The molecule has 1 aromatic carbocycles. The molecule has 0 radical (unpaired) electrons. The Bertz CT molecular complexity index is 1190. The predicted molar refractivity (Wildman–Crippen MR) is 87.5 cm³/mol. The Labute approximate surface area is 137 Å². The normalized spacial score (nSPS) is 11.8. The molecular weight excluding hydrogens is 304 g/mol. The largest absolute Gasteiger partial charge is 0.473 e. The molecule has 6 heteroatoms. The van der Waals surface area contributed by atoms with Crippen LogP contribution in [-0.4, -0.2) is 14.1 Å². The first-order chi connectivity index (χ1) is 11.7. The minimum atomic E-state index is 0.736. The maximum absolute atomic E-state index is 5.77. The monoisotopic (exact) mass is 318 g/mol. The summed E-state index contributed by atoms with van der Waals surface area (Å²) in [4.78, 5) is 4.42. The van der Waals surface area contributed by atoms with Gasteiger partial charge in [-0.05, 0) is 12.1 Å². The van der Waals surface area contributed by atoms with E-state index in [1.165, 1.54) is 0 Å². The fourth-order valence-electron chi connectivity index (χ4n) is 3.06. The number of nitrogens with zero attached hydrogens (tertiary/aromatic N) is 4. The first kappa shape index (κ1) is 13.2. The van der Waals surface area contributed by atoms with Gasteiger partial charge in [-0.2, -0.15) is 0 Å². The molecule has 0 saturated carbocycles. The molecule has 0 spiro atoms. The van der Waals surface area contributed by atoms with Crippen LogP contribution in [-0.2, 0) is 14.1 Å². The first-order valence-corrected chi connectivity index (χ1v) is 7.57. The number of aromatic nitrogens is 4. The van der Waals surface area contributed by atoms with Gasteiger partial charge in [-0.15, -0.1) is 0 Å². The summed E-state index contributed by atoms with van der Waals surface area (Å²) < 4.78 is 17.2. The summed E-state index contributed by atoms with van der Waals surface area (Å²) in [5.74, 6) is 1.61. The van der Waals surface area contributed by atoms with Crippen molar-refractivity contribution in [2.24, 2.45) is 14.1 Å². The molecule has 24 heavy (non-hydrogen) atoms. The van der Waals surface area contributed by atoms with E-state index in [1.54, 1.807) is 18.7 Å². The molecule has 5 aromatic rings. The number of aryl methyl sites for hydroxylation is 2. The summed E-state index contributed by atoms with van der Waals surface area (Å²) in [7, 11) is 3.90. The highest BCUT2D eigenvalue weighted by molar-refractivity contribution is 6.04. The van der Waals surface area contributed by atoms with Crippen LogP contribution in [0.4, 0.5) is 0 Å². The highest BCUT2D eigenvalue weighted by Crippen LogP contribution is 2.35. The zero-order valence-corrected chi connectivity index (χ0v) is 13.2. The molecule has 0 fully saturated rings. The average Bonchev–Trinajstić information content (AvgIpc) is 3.31. The lowest BCUT2D eigenvalue weighted by Crippen LogP contribution is -2.24. The molecule has 0 aliphatic heterocycles. The quantitative estimate of drug-likeness (QED) is 0.371. The molecule has 5 rings (SSSR count). The summed E-state index contributed by atoms with van der Waals surface area (Å²) in [6.07, 6.45) is 14.2. The molecular formula is C18H14N4O2. The van der Waals surface area contributed by atoms with Crippen LogP contribution < -0.4 is 4.57 Å². The third kappa shape index (κ3) is 1.76. The second-order valence-corrected chi connectivity index (χ2v) is 5.87. The second-order valence-electron chi connectivity index (χ2n) is 5.87. The first-order valence-electron chi connectivity index (χ1n) is 7.57. The summed E-state index contributed by atoms with van der Waals surface area (Å²) >= 11 is 0. The maximum atomic E-state index is 5.77. The Kier molecular flexibility index (Phi) is 2.53. The zero-order valence-electron chi connectivity index (χ0n) is 13.2. The minimum Gasteiger partial charge on any atom is -0.473 e. The Balaban J connectivity index is 1.80. The molecule has 0 atom stereocenters. The summed E-state index contributed by atoms with van der Waals surface area (Å²) in [5, 5.41) is 3.01. The molecule has 0 saturated heterocycles. The lowest BCUT2D eigenvalue weighted by molar-refractivity contribution is -0.674. The van der Waals surface area contributed by atoms with Gasteiger partial charge in [-0.3, -0.25) is 4.57 Å². The van der Waals surface area contributed by atoms with Gasteiger partial charge in [0, 0.05) is 48.0 Å². The number of imidazole rings is 2. The third-order valence-corrected chi connectivity index (χ3v) is 4.26. The van der Waals surface area contributed by atoms with Gasteiger partial charge in [0.15, 0.2) is 0 Å². The highest BCUT2D eigenvalue weighted by atomic mass is 16.3. The zero-order chi connectivity index (χ0) is 16.3. The number of hydrogen-bond donors (Lipinski definition) is 0. The van der Waals surface area contributed by atoms with Gasteiger partial charge < -0.3 is 18.0 Å². The van der Waals surface area contributed by atoms with Crippen LogP contribution in [0.3, 0.4) is 0 Å². The van der Waals surface area contributed by atoms with Gasteiger partial charge in [0.25, 0.3) is 0 Å². The molecule has 0 aliphatic rings. The van der Waals surface area contributed by atoms with Crippen LogP contribution in [0, 0.1) is 6.33 Å². The molecule has 4 heterocycles. The van der Waals surface area contributed by atoms with Crippen molar-refractivity contribution < 1.29 is 13.4 Å². The van der Waals surface area contributed by atoms with Crippen molar-refractivity contribution in [3.8, 4) is 17.3 Å². The van der Waals surface area contributed by atoms with Gasteiger partial charge in [0.1, 0.15) is 17.7 Å². The Hall–Kier alpha value is -3.28. The van der Waals surface area contributed by atoms with Crippen molar-refractivity contribution in [3.63, 3.8) is 0 Å². The van der Waals surface area contributed by atoms with E-state index in [-0.39, 0.29) is 0 Å². The van der Waals surface area contributed by atoms with Crippen LogP contribution in [0.1, 0.15) is 0 Å². The van der Waals surface area contributed by atoms with E-state index in [9.17, 15) is 0 Å². The van der Waals surface area contributed by atoms with E-state index in [0.29, 0.717) is 0 Å².